The Morgan fingerprint density at radius 1 is 1.15 bits per heavy atom. The van der Waals surface area contributed by atoms with Crippen molar-refractivity contribution in [2.75, 3.05) is 26.1 Å². The van der Waals surface area contributed by atoms with Gasteiger partial charge in [0.2, 0.25) is 5.91 Å². The Bertz CT molecular complexity index is 779. The highest BCUT2D eigenvalue weighted by Crippen LogP contribution is 2.24. The summed E-state index contributed by atoms with van der Waals surface area (Å²) in [6.45, 7) is 0.605. The number of rotatable bonds is 9. The van der Waals surface area contributed by atoms with Gasteiger partial charge in [0.05, 0.1) is 19.1 Å². The van der Waals surface area contributed by atoms with Crippen molar-refractivity contribution in [2.45, 2.75) is 13.0 Å². The third-order valence-corrected chi connectivity index (χ3v) is 3.74. The van der Waals surface area contributed by atoms with E-state index in [-0.39, 0.29) is 24.6 Å². The molecule has 0 aliphatic heterocycles. The van der Waals surface area contributed by atoms with Gasteiger partial charge in [-0.15, -0.1) is 0 Å². The number of nitrogens with zero attached hydrogens (tertiary/aromatic N) is 1. The van der Waals surface area contributed by atoms with E-state index in [4.69, 9.17) is 9.47 Å². The molecule has 0 aromatic heterocycles. The van der Waals surface area contributed by atoms with Crippen LogP contribution in [0.5, 0.6) is 11.5 Å². The summed E-state index contributed by atoms with van der Waals surface area (Å²) in [6.07, 6.45) is 0.185. The molecular formula is C18H21N3O5. The molecule has 0 radical (unpaired) electrons. The van der Waals surface area contributed by atoms with Crippen LogP contribution in [0, 0.1) is 10.1 Å². The van der Waals surface area contributed by atoms with E-state index in [0.717, 1.165) is 5.56 Å². The fourth-order valence-electron chi connectivity index (χ4n) is 2.37. The van der Waals surface area contributed by atoms with E-state index >= 15 is 0 Å². The lowest BCUT2D eigenvalue weighted by molar-refractivity contribution is -0.384. The van der Waals surface area contributed by atoms with Gasteiger partial charge in [-0.3, -0.25) is 14.9 Å². The molecule has 0 aliphatic rings. The van der Waals surface area contributed by atoms with Gasteiger partial charge in [0.1, 0.15) is 17.2 Å². The number of anilines is 1. The van der Waals surface area contributed by atoms with Crippen LogP contribution in [0.15, 0.2) is 42.5 Å². The summed E-state index contributed by atoms with van der Waals surface area (Å²) in [5, 5.41) is 16.7. The molecule has 0 aliphatic carbocycles. The minimum atomic E-state index is -0.460. The smallest absolute Gasteiger partial charge is 0.292 e. The number of carbonyl (C=O) groups excluding carboxylic acids is 1. The van der Waals surface area contributed by atoms with Crippen molar-refractivity contribution in [3.8, 4) is 11.5 Å². The zero-order valence-electron chi connectivity index (χ0n) is 14.7. The van der Waals surface area contributed by atoms with Crippen LogP contribution < -0.4 is 20.1 Å². The first-order chi connectivity index (χ1) is 12.5. The first-order valence-electron chi connectivity index (χ1n) is 8.00. The van der Waals surface area contributed by atoms with E-state index in [9.17, 15) is 14.9 Å². The van der Waals surface area contributed by atoms with Crippen molar-refractivity contribution in [3.05, 3.63) is 58.1 Å². The van der Waals surface area contributed by atoms with Crippen molar-refractivity contribution < 1.29 is 19.2 Å². The molecule has 0 unspecified atom stereocenters. The second-order valence-electron chi connectivity index (χ2n) is 5.41. The zero-order chi connectivity index (χ0) is 18.9. The Morgan fingerprint density at radius 3 is 2.62 bits per heavy atom. The van der Waals surface area contributed by atoms with E-state index in [0.29, 0.717) is 23.7 Å². The molecule has 8 nitrogen and oxygen atoms in total. The summed E-state index contributed by atoms with van der Waals surface area (Å²) in [5.41, 5.74) is 1.20. The molecule has 0 fully saturated rings. The normalized spacial score (nSPS) is 10.1. The largest absolute Gasteiger partial charge is 0.497 e. The van der Waals surface area contributed by atoms with Gasteiger partial charge in [0.25, 0.3) is 5.69 Å². The van der Waals surface area contributed by atoms with Crippen molar-refractivity contribution in [1.29, 1.82) is 0 Å². The molecule has 0 saturated heterocycles. The molecule has 2 aromatic rings. The quantitative estimate of drug-likeness (QED) is 0.527. The molecule has 0 atom stereocenters. The Kier molecular flexibility index (Phi) is 6.78. The number of nitro benzene ring substituents is 1. The minimum Gasteiger partial charge on any atom is -0.497 e. The van der Waals surface area contributed by atoms with Gasteiger partial charge >= 0.3 is 0 Å². The van der Waals surface area contributed by atoms with Gasteiger partial charge in [-0.05, 0) is 18.2 Å². The van der Waals surface area contributed by atoms with E-state index in [1.807, 2.05) is 6.07 Å². The predicted octanol–water partition coefficient (Wildman–Crippen LogP) is 2.73. The second kappa shape index (κ2) is 9.26. The maximum atomic E-state index is 12.0. The fourth-order valence-corrected chi connectivity index (χ4v) is 2.37. The number of carbonyl (C=O) groups is 1. The maximum Gasteiger partial charge on any atom is 0.292 e. The summed E-state index contributed by atoms with van der Waals surface area (Å²) in [6, 6.07) is 11.7. The van der Waals surface area contributed by atoms with Crippen LogP contribution in [0.4, 0.5) is 11.4 Å². The molecular weight excluding hydrogens is 338 g/mol. The van der Waals surface area contributed by atoms with Crippen molar-refractivity contribution in [2.24, 2.45) is 0 Å². The monoisotopic (exact) mass is 359 g/mol. The Labute approximate surface area is 151 Å². The standard InChI is InChI=1S/C18H21N3O5/c1-25-14-8-7-13(17(11-14)26-2)12-20-18(22)9-10-19-15-5-3-4-6-16(15)21(23)24/h3-8,11,19H,9-10,12H2,1-2H3,(H,20,22). The Balaban J connectivity index is 1.84. The van der Waals surface area contributed by atoms with Crippen LogP contribution in [0.1, 0.15) is 12.0 Å². The molecule has 0 saturated carbocycles. The van der Waals surface area contributed by atoms with E-state index < -0.39 is 4.92 Å². The highest BCUT2D eigenvalue weighted by Gasteiger charge is 2.12. The second-order valence-corrected chi connectivity index (χ2v) is 5.41. The van der Waals surface area contributed by atoms with Crippen LogP contribution in [-0.4, -0.2) is 31.6 Å². The third kappa shape index (κ3) is 5.10. The van der Waals surface area contributed by atoms with Gasteiger partial charge in [0, 0.05) is 37.2 Å². The maximum absolute atomic E-state index is 12.0. The topological polar surface area (TPSA) is 103 Å². The number of amides is 1. The zero-order valence-corrected chi connectivity index (χ0v) is 14.7. The molecule has 2 rings (SSSR count). The third-order valence-electron chi connectivity index (χ3n) is 3.74. The van der Waals surface area contributed by atoms with Crippen LogP contribution in [0.25, 0.3) is 0 Å². The number of hydrogen-bond acceptors (Lipinski definition) is 6. The fraction of sp³-hybridized carbons (Fsp3) is 0.278. The molecule has 1 amide bonds. The number of para-hydroxylation sites is 2. The lowest BCUT2D eigenvalue weighted by Gasteiger charge is -2.12. The van der Waals surface area contributed by atoms with Gasteiger partial charge in [-0.1, -0.05) is 12.1 Å². The molecule has 8 heteroatoms. The molecule has 2 N–H and O–H groups in total. The number of methoxy groups -OCH3 is 2. The number of hydrogen-bond donors (Lipinski definition) is 2. The molecule has 26 heavy (non-hydrogen) atoms. The SMILES string of the molecule is COc1ccc(CNC(=O)CCNc2ccccc2[N+](=O)[O-])c(OC)c1. The highest BCUT2D eigenvalue weighted by molar-refractivity contribution is 5.76. The summed E-state index contributed by atoms with van der Waals surface area (Å²) in [4.78, 5) is 22.5. The molecule has 0 heterocycles. The van der Waals surface area contributed by atoms with Gasteiger partial charge in [-0.2, -0.15) is 0 Å². The average molecular weight is 359 g/mol. The number of benzene rings is 2. The summed E-state index contributed by atoms with van der Waals surface area (Å²) in [7, 11) is 3.12. The van der Waals surface area contributed by atoms with Crippen LogP contribution >= 0.6 is 0 Å². The summed E-state index contributed by atoms with van der Waals surface area (Å²) in [5.74, 6) is 1.13. The van der Waals surface area contributed by atoms with Crippen LogP contribution in [0.2, 0.25) is 0 Å². The number of ether oxygens (including phenoxy) is 2. The Hall–Kier alpha value is -3.29. The first kappa shape index (κ1) is 19.0. The molecule has 138 valence electrons. The van der Waals surface area contributed by atoms with Crippen LogP contribution in [0.3, 0.4) is 0 Å². The van der Waals surface area contributed by atoms with Gasteiger partial charge in [0.15, 0.2) is 0 Å². The summed E-state index contributed by atoms with van der Waals surface area (Å²) >= 11 is 0. The lowest BCUT2D eigenvalue weighted by atomic mass is 10.2. The van der Waals surface area contributed by atoms with E-state index in [1.54, 1.807) is 44.6 Å². The van der Waals surface area contributed by atoms with Gasteiger partial charge in [-0.25, -0.2) is 0 Å². The Morgan fingerprint density at radius 2 is 1.92 bits per heavy atom. The van der Waals surface area contributed by atoms with E-state index in [1.165, 1.54) is 6.07 Å². The highest BCUT2D eigenvalue weighted by atomic mass is 16.6. The molecule has 0 spiro atoms. The van der Waals surface area contributed by atoms with Crippen molar-refractivity contribution >= 4 is 17.3 Å². The molecule has 0 bridgehead atoms. The number of nitro groups is 1. The van der Waals surface area contributed by atoms with Crippen molar-refractivity contribution in [1.82, 2.24) is 5.32 Å². The number of nitrogens with one attached hydrogen (secondary N) is 2. The summed E-state index contributed by atoms with van der Waals surface area (Å²) < 4.78 is 10.4. The van der Waals surface area contributed by atoms with Crippen LogP contribution in [-0.2, 0) is 11.3 Å². The van der Waals surface area contributed by atoms with Gasteiger partial charge < -0.3 is 20.1 Å². The first-order valence-corrected chi connectivity index (χ1v) is 8.00. The lowest BCUT2D eigenvalue weighted by Crippen LogP contribution is -2.25. The van der Waals surface area contributed by atoms with Crippen molar-refractivity contribution in [3.63, 3.8) is 0 Å². The van der Waals surface area contributed by atoms with E-state index in [2.05, 4.69) is 10.6 Å². The molecule has 2 aromatic carbocycles. The predicted molar refractivity (Wildman–Crippen MR) is 97.6 cm³/mol. The average Bonchev–Trinajstić information content (AvgIpc) is 2.66. The minimum absolute atomic E-state index is 0.0177.